The molecule has 3 rings (SSSR count). The van der Waals surface area contributed by atoms with Crippen LogP contribution >= 0.6 is 0 Å². The van der Waals surface area contributed by atoms with Gasteiger partial charge in [0, 0.05) is 12.7 Å². The summed E-state index contributed by atoms with van der Waals surface area (Å²) < 4.78 is 2.47. The molecule has 2 N–H and O–H groups in total. The van der Waals surface area contributed by atoms with Crippen molar-refractivity contribution in [3.05, 3.63) is 70.3 Å². The highest BCUT2D eigenvalue weighted by atomic mass is 16.3. The van der Waals surface area contributed by atoms with Gasteiger partial charge in [-0.25, -0.2) is 9.48 Å². The highest BCUT2D eigenvalue weighted by molar-refractivity contribution is 5.75. The van der Waals surface area contributed by atoms with E-state index in [2.05, 4.69) is 10.4 Å². The van der Waals surface area contributed by atoms with Crippen LogP contribution in [0.15, 0.2) is 53.5 Å². The van der Waals surface area contributed by atoms with E-state index in [1.165, 1.54) is 4.40 Å². The van der Waals surface area contributed by atoms with Gasteiger partial charge >= 0.3 is 5.69 Å². The molecule has 0 aliphatic rings. The van der Waals surface area contributed by atoms with E-state index < -0.39 is 6.10 Å². The minimum Gasteiger partial charge on any atom is -0.387 e. The van der Waals surface area contributed by atoms with Gasteiger partial charge < -0.3 is 10.4 Å². The summed E-state index contributed by atoms with van der Waals surface area (Å²) in [6.07, 6.45) is 0.800. The number of amides is 1. The zero-order chi connectivity index (χ0) is 17.1. The summed E-state index contributed by atoms with van der Waals surface area (Å²) >= 11 is 0. The van der Waals surface area contributed by atoms with Crippen LogP contribution in [-0.2, 0) is 11.3 Å². The first-order valence-corrected chi connectivity index (χ1v) is 7.61. The molecule has 2 heterocycles. The van der Waals surface area contributed by atoms with E-state index in [0.29, 0.717) is 5.65 Å². The van der Waals surface area contributed by atoms with Crippen molar-refractivity contribution in [2.45, 2.75) is 19.6 Å². The van der Waals surface area contributed by atoms with Crippen LogP contribution < -0.4 is 11.0 Å². The number of hydrogen-bond acceptors (Lipinski definition) is 4. The first-order chi connectivity index (χ1) is 11.6. The highest BCUT2D eigenvalue weighted by Gasteiger charge is 2.13. The topological polar surface area (TPSA) is 88.6 Å². The third kappa shape index (κ3) is 3.21. The van der Waals surface area contributed by atoms with Crippen LogP contribution in [-0.4, -0.2) is 31.7 Å². The standard InChI is InChI=1S/C17H18N4O3/c1-12-6-2-3-7-13(12)14(22)10-18-16(23)11-21-17(24)20-9-5-4-8-15(20)19-21/h2-9,14,22H,10-11H2,1H3,(H,18,23). The minimum absolute atomic E-state index is 0.0752. The molecule has 24 heavy (non-hydrogen) atoms. The number of pyridine rings is 1. The summed E-state index contributed by atoms with van der Waals surface area (Å²) in [6.45, 7) is 1.78. The van der Waals surface area contributed by atoms with Crippen LogP contribution in [0.3, 0.4) is 0 Å². The molecule has 1 amide bonds. The molecule has 7 nitrogen and oxygen atoms in total. The van der Waals surface area contributed by atoms with Crippen LogP contribution in [0.1, 0.15) is 17.2 Å². The number of carbonyl (C=O) groups is 1. The van der Waals surface area contributed by atoms with Crippen molar-refractivity contribution in [1.82, 2.24) is 19.5 Å². The van der Waals surface area contributed by atoms with E-state index in [9.17, 15) is 14.7 Å². The molecule has 1 aromatic carbocycles. The first-order valence-electron chi connectivity index (χ1n) is 7.61. The maximum Gasteiger partial charge on any atom is 0.350 e. The summed E-state index contributed by atoms with van der Waals surface area (Å²) in [5.74, 6) is -0.381. The molecule has 0 radical (unpaired) electrons. The zero-order valence-corrected chi connectivity index (χ0v) is 13.2. The van der Waals surface area contributed by atoms with Gasteiger partial charge in [0.1, 0.15) is 6.54 Å². The average Bonchev–Trinajstić information content (AvgIpc) is 2.89. The molecule has 124 valence electrons. The van der Waals surface area contributed by atoms with E-state index >= 15 is 0 Å². The fourth-order valence-electron chi connectivity index (χ4n) is 2.54. The van der Waals surface area contributed by atoms with Gasteiger partial charge in [0.05, 0.1) is 6.10 Å². The SMILES string of the molecule is Cc1ccccc1C(O)CNC(=O)Cn1nc2ccccn2c1=O. The average molecular weight is 326 g/mol. The molecule has 2 aromatic heterocycles. The Labute approximate surface area is 138 Å². The lowest BCUT2D eigenvalue weighted by molar-refractivity contribution is -0.122. The molecule has 1 atom stereocenters. The van der Waals surface area contributed by atoms with Crippen molar-refractivity contribution in [2.24, 2.45) is 0 Å². The van der Waals surface area contributed by atoms with Gasteiger partial charge in [0.25, 0.3) is 0 Å². The minimum atomic E-state index is -0.798. The van der Waals surface area contributed by atoms with Crippen LogP contribution in [0.25, 0.3) is 5.65 Å². The third-order valence-electron chi connectivity index (χ3n) is 3.82. The normalized spacial score (nSPS) is 12.2. The Hall–Kier alpha value is -2.93. The predicted octanol–water partition coefficient (Wildman–Crippen LogP) is 0.654. The number of aliphatic hydroxyl groups excluding tert-OH is 1. The van der Waals surface area contributed by atoms with Gasteiger partial charge in [-0.3, -0.25) is 9.20 Å². The molecule has 1 unspecified atom stereocenters. The van der Waals surface area contributed by atoms with Gasteiger partial charge in [-0.05, 0) is 30.2 Å². The molecule has 7 heteroatoms. The van der Waals surface area contributed by atoms with Crippen LogP contribution in [0.5, 0.6) is 0 Å². The third-order valence-corrected chi connectivity index (χ3v) is 3.82. The Morgan fingerprint density at radius 2 is 2.00 bits per heavy atom. The van der Waals surface area contributed by atoms with E-state index in [1.807, 2.05) is 31.2 Å². The number of nitrogens with one attached hydrogen (secondary N) is 1. The first kappa shape index (κ1) is 15.9. The number of rotatable bonds is 5. The molecular weight excluding hydrogens is 308 g/mol. The lowest BCUT2D eigenvalue weighted by atomic mass is 10.0. The maximum atomic E-state index is 12.1. The van der Waals surface area contributed by atoms with Gasteiger partial charge in [0.2, 0.25) is 5.91 Å². The number of aromatic nitrogens is 3. The van der Waals surface area contributed by atoms with Gasteiger partial charge in [-0.15, -0.1) is 5.10 Å². The predicted molar refractivity (Wildman–Crippen MR) is 88.6 cm³/mol. The molecule has 0 saturated heterocycles. The van der Waals surface area contributed by atoms with Crippen LogP contribution in [0.2, 0.25) is 0 Å². The van der Waals surface area contributed by atoms with Crippen molar-refractivity contribution in [3.63, 3.8) is 0 Å². The summed E-state index contributed by atoms with van der Waals surface area (Å²) in [5.41, 5.74) is 1.83. The maximum absolute atomic E-state index is 12.1. The number of nitrogens with zero attached hydrogens (tertiary/aromatic N) is 3. The molecule has 0 bridgehead atoms. The summed E-state index contributed by atoms with van der Waals surface area (Å²) in [6, 6.07) is 12.6. The lowest BCUT2D eigenvalue weighted by Crippen LogP contribution is -2.35. The van der Waals surface area contributed by atoms with E-state index in [-0.39, 0.29) is 24.7 Å². The molecule has 3 aromatic rings. The van der Waals surface area contributed by atoms with Crippen molar-refractivity contribution in [1.29, 1.82) is 0 Å². The number of hydrogen-bond donors (Lipinski definition) is 2. The van der Waals surface area contributed by atoms with Gasteiger partial charge in [-0.2, -0.15) is 0 Å². The fourth-order valence-corrected chi connectivity index (χ4v) is 2.54. The van der Waals surface area contributed by atoms with E-state index in [0.717, 1.165) is 15.8 Å². The summed E-state index contributed by atoms with van der Waals surface area (Å²) in [5, 5.41) is 16.9. The summed E-state index contributed by atoms with van der Waals surface area (Å²) in [4.78, 5) is 24.1. The fraction of sp³-hybridized carbons (Fsp3) is 0.235. The second-order valence-corrected chi connectivity index (χ2v) is 5.55. The lowest BCUT2D eigenvalue weighted by Gasteiger charge is -2.14. The number of benzene rings is 1. The Morgan fingerprint density at radius 3 is 2.75 bits per heavy atom. The van der Waals surface area contributed by atoms with Crippen molar-refractivity contribution in [3.8, 4) is 0 Å². The Bertz CT molecular complexity index is 929. The van der Waals surface area contributed by atoms with Crippen LogP contribution in [0, 0.1) is 6.92 Å². The second-order valence-electron chi connectivity index (χ2n) is 5.55. The van der Waals surface area contributed by atoms with E-state index in [4.69, 9.17) is 0 Å². The molecule has 0 saturated carbocycles. The number of carbonyl (C=O) groups excluding carboxylic acids is 1. The van der Waals surface area contributed by atoms with Gasteiger partial charge in [-0.1, -0.05) is 30.3 Å². The van der Waals surface area contributed by atoms with E-state index in [1.54, 1.807) is 24.4 Å². The molecule has 0 aliphatic carbocycles. The number of aliphatic hydroxyl groups is 1. The Kier molecular flexibility index (Phi) is 4.43. The van der Waals surface area contributed by atoms with Crippen molar-refractivity contribution in [2.75, 3.05) is 6.54 Å². The highest BCUT2D eigenvalue weighted by Crippen LogP contribution is 2.16. The Balaban J connectivity index is 1.64. The molecule has 0 fully saturated rings. The zero-order valence-electron chi connectivity index (χ0n) is 13.2. The monoisotopic (exact) mass is 326 g/mol. The second kappa shape index (κ2) is 6.67. The number of fused-ring (bicyclic) bond motifs is 1. The van der Waals surface area contributed by atoms with Crippen LogP contribution in [0.4, 0.5) is 0 Å². The van der Waals surface area contributed by atoms with Gasteiger partial charge in [0.15, 0.2) is 5.65 Å². The number of aryl methyl sites for hydroxylation is 1. The van der Waals surface area contributed by atoms with Crippen molar-refractivity contribution >= 4 is 11.6 Å². The Morgan fingerprint density at radius 1 is 1.25 bits per heavy atom. The molecule has 0 aliphatic heterocycles. The molecular formula is C17H18N4O3. The summed E-state index contributed by atoms with van der Waals surface area (Å²) in [7, 11) is 0. The largest absolute Gasteiger partial charge is 0.387 e. The van der Waals surface area contributed by atoms with Crippen molar-refractivity contribution < 1.29 is 9.90 Å². The molecule has 0 spiro atoms. The quantitative estimate of drug-likeness (QED) is 0.721. The smallest absolute Gasteiger partial charge is 0.350 e.